The highest BCUT2D eigenvalue weighted by molar-refractivity contribution is 5.85. The summed E-state index contributed by atoms with van der Waals surface area (Å²) in [5.74, 6) is 1.43. The molecule has 2 heterocycles. The number of halogens is 1. The topological polar surface area (TPSA) is 50.2 Å². The van der Waals surface area contributed by atoms with Crippen LogP contribution in [-0.4, -0.2) is 47.3 Å². The van der Waals surface area contributed by atoms with Gasteiger partial charge >= 0.3 is 0 Å². The van der Waals surface area contributed by atoms with Gasteiger partial charge in [-0.1, -0.05) is 32.1 Å². The third kappa shape index (κ3) is 4.51. The van der Waals surface area contributed by atoms with Crippen LogP contribution in [0.4, 0.5) is 0 Å². The third-order valence-corrected chi connectivity index (χ3v) is 5.66. The number of aromatic nitrogens is 2. The fourth-order valence-corrected chi connectivity index (χ4v) is 4.17. The maximum absolute atomic E-state index is 12.9. The van der Waals surface area contributed by atoms with Crippen LogP contribution in [0.1, 0.15) is 50.0 Å². The molecule has 0 bridgehead atoms. The van der Waals surface area contributed by atoms with Crippen LogP contribution in [0, 0.1) is 11.8 Å². The maximum atomic E-state index is 12.9. The third-order valence-electron chi connectivity index (χ3n) is 5.66. The van der Waals surface area contributed by atoms with Gasteiger partial charge in [0.25, 0.3) is 0 Å². The number of rotatable bonds is 5. The number of carbonyl (C=O) groups is 1. The Hall–Kier alpha value is -1.07. The number of amides is 1. The largest absolute Gasteiger partial charge is 0.345 e. The van der Waals surface area contributed by atoms with Gasteiger partial charge in [0.15, 0.2) is 0 Å². The van der Waals surface area contributed by atoms with E-state index in [9.17, 15) is 4.79 Å². The Morgan fingerprint density at radius 1 is 1.33 bits per heavy atom. The van der Waals surface area contributed by atoms with Crippen molar-refractivity contribution in [3.8, 4) is 0 Å². The van der Waals surface area contributed by atoms with Crippen LogP contribution in [0.15, 0.2) is 12.4 Å². The second kappa shape index (κ2) is 8.86. The van der Waals surface area contributed by atoms with E-state index in [-0.39, 0.29) is 24.2 Å². The smallest absolute Gasteiger partial charge is 0.227 e. The number of hydrogen-bond donors (Lipinski definition) is 1. The van der Waals surface area contributed by atoms with E-state index in [0.29, 0.717) is 5.91 Å². The van der Waals surface area contributed by atoms with Gasteiger partial charge in [0.1, 0.15) is 0 Å². The maximum Gasteiger partial charge on any atom is 0.227 e. The minimum Gasteiger partial charge on any atom is -0.345 e. The number of carbonyl (C=O) groups excluding carboxylic acids is 1. The highest BCUT2D eigenvalue weighted by atomic mass is 35.5. The Balaban J connectivity index is 0.00000208. The molecule has 1 saturated heterocycles. The van der Waals surface area contributed by atoms with Crippen molar-refractivity contribution in [2.75, 3.05) is 26.7 Å². The molecule has 1 saturated carbocycles. The van der Waals surface area contributed by atoms with Gasteiger partial charge in [0.05, 0.1) is 12.1 Å². The zero-order chi connectivity index (χ0) is 16.2. The van der Waals surface area contributed by atoms with Crippen molar-refractivity contribution in [3.63, 3.8) is 0 Å². The van der Waals surface area contributed by atoms with Crippen LogP contribution in [0.3, 0.4) is 0 Å². The number of nitrogens with one attached hydrogen (secondary N) is 1. The number of nitrogens with zero attached hydrogens (tertiary/aromatic N) is 3. The van der Waals surface area contributed by atoms with Crippen molar-refractivity contribution in [3.05, 3.63) is 18.0 Å². The van der Waals surface area contributed by atoms with Crippen molar-refractivity contribution in [1.82, 2.24) is 20.0 Å². The van der Waals surface area contributed by atoms with Gasteiger partial charge in [-0.15, -0.1) is 12.4 Å². The van der Waals surface area contributed by atoms with E-state index in [2.05, 4.69) is 10.4 Å². The van der Waals surface area contributed by atoms with Crippen molar-refractivity contribution in [2.45, 2.75) is 44.4 Å². The molecule has 1 aromatic rings. The first-order valence-electron chi connectivity index (χ1n) is 9.09. The van der Waals surface area contributed by atoms with Crippen LogP contribution < -0.4 is 5.32 Å². The minimum absolute atomic E-state index is 0. The SMILES string of the molecule is CN(CCC1CCCCC1)C(=O)[C@H]1CNC[C@@H]1c1cnn(C)c1.Cl. The van der Waals surface area contributed by atoms with E-state index < -0.39 is 0 Å². The molecule has 136 valence electrons. The second-order valence-corrected chi connectivity index (χ2v) is 7.37. The van der Waals surface area contributed by atoms with Gasteiger partial charge in [-0.05, 0) is 17.9 Å². The molecule has 2 fully saturated rings. The molecule has 1 aromatic heterocycles. The van der Waals surface area contributed by atoms with Gasteiger partial charge in [-0.2, -0.15) is 5.10 Å². The average Bonchev–Trinajstić information content (AvgIpc) is 3.21. The summed E-state index contributed by atoms with van der Waals surface area (Å²) in [5, 5.41) is 7.65. The highest BCUT2D eigenvalue weighted by Crippen LogP contribution is 2.30. The van der Waals surface area contributed by atoms with E-state index in [1.54, 1.807) is 0 Å². The van der Waals surface area contributed by atoms with Crippen LogP contribution >= 0.6 is 12.4 Å². The van der Waals surface area contributed by atoms with Crippen LogP contribution in [0.5, 0.6) is 0 Å². The summed E-state index contributed by atoms with van der Waals surface area (Å²) in [6.07, 6.45) is 12.0. The molecule has 1 N–H and O–H groups in total. The Bertz CT molecular complexity index is 527. The predicted octanol–water partition coefficient (Wildman–Crippen LogP) is 2.57. The van der Waals surface area contributed by atoms with Crippen LogP contribution in [0.25, 0.3) is 0 Å². The Morgan fingerprint density at radius 3 is 2.75 bits per heavy atom. The van der Waals surface area contributed by atoms with Crippen molar-refractivity contribution in [1.29, 1.82) is 0 Å². The Kier molecular flexibility index (Phi) is 7.11. The second-order valence-electron chi connectivity index (χ2n) is 7.37. The molecule has 0 unspecified atom stereocenters. The lowest BCUT2D eigenvalue weighted by Crippen LogP contribution is -2.37. The summed E-state index contributed by atoms with van der Waals surface area (Å²) < 4.78 is 1.82. The standard InChI is InChI=1S/C18H30N4O.ClH/c1-21(9-8-14-6-4-3-5-7-14)18(23)17-12-19-11-16(17)15-10-20-22(2)13-15;/h10,13-14,16-17,19H,3-9,11-12H2,1-2H3;1H/t16-,17+;/m1./s1. The quantitative estimate of drug-likeness (QED) is 0.884. The summed E-state index contributed by atoms with van der Waals surface area (Å²) in [4.78, 5) is 14.8. The highest BCUT2D eigenvalue weighted by Gasteiger charge is 2.36. The van der Waals surface area contributed by atoms with Crippen LogP contribution in [-0.2, 0) is 11.8 Å². The molecule has 2 aliphatic rings. The molecule has 1 aliphatic heterocycles. The molecule has 0 radical (unpaired) electrons. The van der Waals surface area contributed by atoms with Gasteiger partial charge in [-0.3, -0.25) is 9.48 Å². The molecular formula is C18H31ClN4O. The lowest BCUT2D eigenvalue weighted by Gasteiger charge is -2.27. The van der Waals surface area contributed by atoms with E-state index in [1.165, 1.54) is 44.1 Å². The van der Waals surface area contributed by atoms with Gasteiger partial charge < -0.3 is 10.2 Å². The van der Waals surface area contributed by atoms with Gasteiger partial charge in [0, 0.05) is 45.8 Å². The zero-order valence-electron chi connectivity index (χ0n) is 14.9. The summed E-state index contributed by atoms with van der Waals surface area (Å²) in [6, 6.07) is 0. The lowest BCUT2D eigenvalue weighted by atomic mass is 9.86. The zero-order valence-corrected chi connectivity index (χ0v) is 15.7. The number of aryl methyl sites for hydroxylation is 1. The molecule has 1 amide bonds. The van der Waals surface area contributed by atoms with Crippen molar-refractivity contribution >= 4 is 18.3 Å². The summed E-state index contributed by atoms with van der Waals surface area (Å²) in [6.45, 7) is 2.56. The first-order chi connectivity index (χ1) is 11.1. The monoisotopic (exact) mass is 354 g/mol. The van der Waals surface area contributed by atoms with Crippen LogP contribution in [0.2, 0.25) is 0 Å². The summed E-state index contributed by atoms with van der Waals surface area (Å²) >= 11 is 0. The molecule has 2 atom stereocenters. The number of hydrogen-bond acceptors (Lipinski definition) is 3. The molecule has 6 heteroatoms. The lowest BCUT2D eigenvalue weighted by molar-refractivity contribution is -0.134. The fraction of sp³-hybridized carbons (Fsp3) is 0.778. The predicted molar refractivity (Wildman–Crippen MR) is 98.4 cm³/mol. The van der Waals surface area contributed by atoms with E-state index in [4.69, 9.17) is 0 Å². The normalized spacial score (nSPS) is 24.6. The van der Waals surface area contributed by atoms with Gasteiger partial charge in [-0.25, -0.2) is 0 Å². The first-order valence-corrected chi connectivity index (χ1v) is 9.09. The Morgan fingerprint density at radius 2 is 2.08 bits per heavy atom. The average molecular weight is 355 g/mol. The van der Waals surface area contributed by atoms with E-state index in [1.807, 2.05) is 36.1 Å². The molecule has 3 rings (SSSR count). The molecular weight excluding hydrogens is 324 g/mol. The van der Waals surface area contributed by atoms with Crippen molar-refractivity contribution in [2.24, 2.45) is 18.9 Å². The molecule has 0 spiro atoms. The van der Waals surface area contributed by atoms with E-state index >= 15 is 0 Å². The van der Waals surface area contributed by atoms with E-state index in [0.717, 1.165) is 25.6 Å². The minimum atomic E-state index is 0. The molecule has 1 aliphatic carbocycles. The molecule has 0 aromatic carbocycles. The molecule has 5 nitrogen and oxygen atoms in total. The first kappa shape index (κ1) is 19.3. The van der Waals surface area contributed by atoms with Crippen molar-refractivity contribution < 1.29 is 4.79 Å². The fourth-order valence-electron chi connectivity index (χ4n) is 4.17. The summed E-state index contributed by atoms with van der Waals surface area (Å²) in [7, 11) is 3.91. The van der Waals surface area contributed by atoms with Gasteiger partial charge in [0.2, 0.25) is 5.91 Å². The molecule has 24 heavy (non-hydrogen) atoms. The Labute approximate surface area is 151 Å². The summed E-state index contributed by atoms with van der Waals surface area (Å²) in [5.41, 5.74) is 1.18.